The topological polar surface area (TPSA) is 100 Å². The molecule has 0 aromatic rings. The number of hydrogen-bond donors (Lipinski definition) is 1. The van der Waals surface area contributed by atoms with E-state index in [9.17, 15) is 19.1 Å². The second-order valence-electron chi connectivity index (χ2n) is 1.16. The minimum atomic E-state index is -4.82. The molecule has 0 fully saturated rings. The minimum absolute atomic E-state index is 1.31. The van der Waals surface area contributed by atoms with Gasteiger partial charge in [0.1, 0.15) is 0 Å². The molecule has 8 heavy (non-hydrogen) atoms. The maximum atomic E-state index is 9.53. The van der Waals surface area contributed by atoms with Crippen molar-refractivity contribution in [3.8, 4) is 0 Å². The summed E-state index contributed by atoms with van der Waals surface area (Å²) in [4.78, 5) is 28.5. The number of carbonyl (C=O) groups is 1. The van der Waals surface area contributed by atoms with Crippen molar-refractivity contribution < 1.29 is 24.3 Å². The van der Waals surface area contributed by atoms with E-state index in [0.29, 0.717) is 0 Å². The third-order valence-electron chi connectivity index (χ3n) is 0.329. The summed E-state index contributed by atoms with van der Waals surface area (Å²) in [5.74, 6) is -1.61. The monoisotopic (exact) mass is 138 g/mol. The van der Waals surface area contributed by atoms with Crippen molar-refractivity contribution >= 4 is 13.6 Å². The maximum Gasteiger partial charge on any atom is 0.308 e. The van der Waals surface area contributed by atoms with Gasteiger partial charge < -0.3 is 19.5 Å². The standard InChI is InChI=1S/C2H5O5P/c3-2(4)1-8(5,6)7/h1H2,(H,3,4)(H2,5,6,7)/p-2. The van der Waals surface area contributed by atoms with Crippen LogP contribution in [0.1, 0.15) is 0 Å². The van der Waals surface area contributed by atoms with Crippen LogP contribution in [0.25, 0.3) is 0 Å². The van der Waals surface area contributed by atoms with Crippen molar-refractivity contribution in [1.82, 2.24) is 0 Å². The SMILES string of the molecule is O=C(O)CP(=O)([O-])[O-]. The third-order valence-corrected chi connectivity index (χ3v) is 0.987. The van der Waals surface area contributed by atoms with Crippen LogP contribution in [0.5, 0.6) is 0 Å². The van der Waals surface area contributed by atoms with Gasteiger partial charge in [0.2, 0.25) is 0 Å². The lowest BCUT2D eigenvalue weighted by Crippen LogP contribution is -2.21. The molecule has 0 unspecified atom stereocenters. The zero-order chi connectivity index (χ0) is 6.78. The predicted octanol–water partition coefficient (Wildman–Crippen LogP) is -2.02. The van der Waals surface area contributed by atoms with E-state index < -0.39 is 19.7 Å². The van der Waals surface area contributed by atoms with Gasteiger partial charge in [0, 0.05) is 0 Å². The highest BCUT2D eigenvalue weighted by molar-refractivity contribution is 7.49. The van der Waals surface area contributed by atoms with E-state index in [0.717, 1.165) is 0 Å². The second-order valence-corrected chi connectivity index (χ2v) is 2.70. The lowest BCUT2D eigenvalue weighted by Gasteiger charge is -2.26. The van der Waals surface area contributed by atoms with Gasteiger partial charge in [-0.2, -0.15) is 0 Å². The first-order valence-corrected chi connectivity index (χ1v) is 3.37. The summed E-state index contributed by atoms with van der Waals surface area (Å²) in [7, 11) is -4.82. The van der Waals surface area contributed by atoms with Crippen molar-refractivity contribution in [2.45, 2.75) is 0 Å². The Balaban J connectivity index is 3.74. The van der Waals surface area contributed by atoms with Crippen molar-refractivity contribution in [1.29, 1.82) is 0 Å². The van der Waals surface area contributed by atoms with Crippen molar-refractivity contribution in [3.63, 3.8) is 0 Å². The molecule has 0 amide bonds. The molecule has 5 nitrogen and oxygen atoms in total. The molecule has 0 rings (SSSR count). The maximum absolute atomic E-state index is 9.53. The predicted molar refractivity (Wildman–Crippen MR) is 20.1 cm³/mol. The van der Waals surface area contributed by atoms with Gasteiger partial charge in [0.25, 0.3) is 0 Å². The van der Waals surface area contributed by atoms with Gasteiger partial charge in [-0.05, 0) is 0 Å². The second kappa shape index (κ2) is 2.26. The number of carboxylic acids is 1. The number of aliphatic carboxylic acids is 1. The van der Waals surface area contributed by atoms with E-state index in [1.807, 2.05) is 0 Å². The summed E-state index contributed by atoms with van der Waals surface area (Å²) >= 11 is 0. The molecule has 0 saturated heterocycles. The highest BCUT2D eigenvalue weighted by atomic mass is 31.2. The van der Waals surface area contributed by atoms with Crippen LogP contribution in [-0.2, 0) is 9.36 Å². The van der Waals surface area contributed by atoms with Gasteiger partial charge in [0.05, 0.1) is 6.16 Å². The Bertz CT molecular complexity index is 133. The molecule has 0 bridgehead atoms. The van der Waals surface area contributed by atoms with Crippen LogP contribution in [0.2, 0.25) is 0 Å². The van der Waals surface area contributed by atoms with Crippen molar-refractivity contribution in [3.05, 3.63) is 0 Å². The lowest BCUT2D eigenvalue weighted by molar-refractivity contribution is -0.312. The fourth-order valence-electron chi connectivity index (χ4n) is 0.166. The Kier molecular flexibility index (Phi) is 2.15. The molecule has 1 N–H and O–H groups in total. The van der Waals surface area contributed by atoms with E-state index in [-0.39, 0.29) is 0 Å². The molecule has 6 heteroatoms. The Hall–Kier alpha value is -0.380. The molecule has 0 aliphatic heterocycles. The largest absolute Gasteiger partial charge is 0.810 e. The summed E-state index contributed by atoms with van der Waals surface area (Å²) < 4.78 is 9.53. The first kappa shape index (κ1) is 7.62. The van der Waals surface area contributed by atoms with Gasteiger partial charge in [-0.3, -0.25) is 4.79 Å². The molecule has 0 aliphatic rings. The molecule has 0 radical (unpaired) electrons. The normalized spacial score (nSPS) is 11.2. The molecular formula is C2H3O5P-2. The third kappa shape index (κ3) is 5.62. The van der Waals surface area contributed by atoms with Gasteiger partial charge in [-0.1, -0.05) is 7.60 Å². The molecule has 0 spiro atoms. The Morgan fingerprint density at radius 1 is 1.62 bits per heavy atom. The zero-order valence-corrected chi connectivity index (χ0v) is 4.63. The first-order valence-electron chi connectivity index (χ1n) is 1.65. The van der Waals surface area contributed by atoms with E-state index in [1.165, 1.54) is 0 Å². The molecule has 0 saturated carbocycles. The number of hydrogen-bond acceptors (Lipinski definition) is 4. The zero-order valence-electron chi connectivity index (χ0n) is 3.73. The average molecular weight is 138 g/mol. The molecule has 0 aromatic heterocycles. The highest BCUT2D eigenvalue weighted by Crippen LogP contribution is 2.20. The smallest absolute Gasteiger partial charge is 0.308 e. The highest BCUT2D eigenvalue weighted by Gasteiger charge is 1.97. The Morgan fingerprint density at radius 3 is 2.00 bits per heavy atom. The molecular weight excluding hydrogens is 135 g/mol. The van der Waals surface area contributed by atoms with Crippen LogP contribution in [0.4, 0.5) is 0 Å². The van der Waals surface area contributed by atoms with E-state index in [1.54, 1.807) is 0 Å². The fraction of sp³-hybridized carbons (Fsp3) is 0.500. The van der Waals surface area contributed by atoms with Crippen LogP contribution < -0.4 is 9.79 Å². The first-order chi connectivity index (χ1) is 3.42. The van der Waals surface area contributed by atoms with E-state index in [4.69, 9.17) is 5.11 Å². The van der Waals surface area contributed by atoms with Crippen LogP contribution >= 0.6 is 7.60 Å². The van der Waals surface area contributed by atoms with E-state index in [2.05, 4.69) is 0 Å². The van der Waals surface area contributed by atoms with Gasteiger partial charge >= 0.3 is 5.97 Å². The number of rotatable bonds is 2. The van der Waals surface area contributed by atoms with Crippen LogP contribution in [0, 0.1) is 0 Å². The van der Waals surface area contributed by atoms with Crippen LogP contribution in [-0.4, -0.2) is 17.2 Å². The summed E-state index contributed by atoms with van der Waals surface area (Å²) in [6.45, 7) is 0. The van der Waals surface area contributed by atoms with Gasteiger partial charge in [-0.15, -0.1) is 0 Å². The fourth-order valence-corrected chi connectivity index (χ4v) is 0.497. The molecule has 0 atom stereocenters. The molecule has 0 heterocycles. The number of carboxylic acid groups (broad SMARTS) is 1. The van der Waals surface area contributed by atoms with E-state index >= 15 is 0 Å². The van der Waals surface area contributed by atoms with Crippen molar-refractivity contribution in [2.75, 3.05) is 6.16 Å². The quantitative estimate of drug-likeness (QED) is 0.444. The lowest BCUT2D eigenvalue weighted by atomic mass is 10.8. The summed E-state index contributed by atoms with van der Waals surface area (Å²) in [5, 5.41) is 7.68. The van der Waals surface area contributed by atoms with Crippen LogP contribution in [0.15, 0.2) is 0 Å². The van der Waals surface area contributed by atoms with Gasteiger partial charge in [-0.25, -0.2) is 0 Å². The molecule has 48 valence electrons. The van der Waals surface area contributed by atoms with Crippen molar-refractivity contribution in [2.24, 2.45) is 0 Å². The summed E-state index contributed by atoms with van der Waals surface area (Å²) in [5.41, 5.74) is 0. The minimum Gasteiger partial charge on any atom is -0.810 e. The van der Waals surface area contributed by atoms with Gasteiger partial charge in [0.15, 0.2) is 0 Å². The average Bonchev–Trinajstić information content (AvgIpc) is 1.21. The molecule has 0 aliphatic carbocycles. The summed E-state index contributed by atoms with van der Waals surface area (Å²) in [6, 6.07) is 0. The Labute approximate surface area is 45.1 Å². The summed E-state index contributed by atoms with van der Waals surface area (Å²) in [6.07, 6.45) is -1.31. The Morgan fingerprint density at radius 2 is 2.00 bits per heavy atom. The molecule has 0 aromatic carbocycles. The van der Waals surface area contributed by atoms with Crippen LogP contribution in [0.3, 0.4) is 0 Å².